The number of rotatable bonds is 9. The molecule has 0 amide bonds. The molecule has 0 aliphatic heterocycles. The van der Waals surface area contributed by atoms with E-state index in [1.165, 1.54) is 0 Å². The maximum Gasteiger partial charge on any atom is 0.0640 e. The first-order valence-electron chi connectivity index (χ1n) is 7.43. The van der Waals surface area contributed by atoms with Crippen LogP contribution in [0.1, 0.15) is 58.2 Å². The quantitative estimate of drug-likeness (QED) is 0.748. The van der Waals surface area contributed by atoms with Crippen LogP contribution in [0.5, 0.6) is 0 Å². The predicted molar refractivity (Wildman–Crippen MR) is 79.2 cm³/mol. The van der Waals surface area contributed by atoms with Crippen LogP contribution in [-0.4, -0.2) is 29.0 Å². The van der Waals surface area contributed by atoms with E-state index in [4.69, 9.17) is 10.5 Å². The van der Waals surface area contributed by atoms with Crippen molar-refractivity contribution in [3.8, 4) is 0 Å². The van der Waals surface area contributed by atoms with Crippen LogP contribution in [0.15, 0.2) is 12.3 Å². The second-order valence-corrected chi connectivity index (χ2v) is 5.35. The van der Waals surface area contributed by atoms with Gasteiger partial charge in [0, 0.05) is 25.8 Å². The van der Waals surface area contributed by atoms with Crippen LogP contribution >= 0.6 is 0 Å². The summed E-state index contributed by atoms with van der Waals surface area (Å²) in [4.78, 5) is 0. The highest BCUT2D eigenvalue weighted by molar-refractivity contribution is 5.02. The lowest BCUT2D eigenvalue weighted by Gasteiger charge is -2.14. The zero-order valence-corrected chi connectivity index (χ0v) is 12.8. The minimum absolute atomic E-state index is 0.169. The molecule has 1 heterocycles. The average Bonchev–Trinajstić information content (AvgIpc) is 2.85. The highest BCUT2D eigenvalue weighted by atomic mass is 16.5. The Balaban J connectivity index is 2.44. The third-order valence-electron chi connectivity index (χ3n) is 3.80. The zero-order chi connectivity index (χ0) is 14.3. The van der Waals surface area contributed by atoms with E-state index in [0.717, 1.165) is 37.8 Å². The highest BCUT2D eigenvalue weighted by Gasteiger charge is 2.11. The maximum absolute atomic E-state index is 6.15. The lowest BCUT2D eigenvalue weighted by atomic mass is 10.1. The minimum Gasteiger partial charge on any atom is -0.382 e. The third kappa shape index (κ3) is 5.33. The fourth-order valence-corrected chi connectivity index (χ4v) is 2.29. The molecule has 0 bridgehead atoms. The van der Waals surface area contributed by atoms with Crippen LogP contribution in [0.3, 0.4) is 0 Å². The van der Waals surface area contributed by atoms with Gasteiger partial charge in [-0.1, -0.05) is 13.8 Å². The second-order valence-electron chi connectivity index (χ2n) is 5.35. The van der Waals surface area contributed by atoms with Crippen LogP contribution in [0.4, 0.5) is 0 Å². The van der Waals surface area contributed by atoms with Crippen LogP contribution in [-0.2, 0) is 11.2 Å². The Labute approximate surface area is 117 Å². The monoisotopic (exact) mass is 267 g/mol. The molecule has 1 aromatic rings. The molecule has 19 heavy (non-hydrogen) atoms. The Morgan fingerprint density at radius 2 is 2.00 bits per heavy atom. The van der Waals surface area contributed by atoms with E-state index < -0.39 is 0 Å². The van der Waals surface area contributed by atoms with Gasteiger partial charge in [0.25, 0.3) is 0 Å². The summed E-state index contributed by atoms with van der Waals surface area (Å²) in [7, 11) is 1.74. The first-order chi connectivity index (χ1) is 9.10. The number of hydrogen-bond donors (Lipinski definition) is 1. The van der Waals surface area contributed by atoms with Crippen molar-refractivity contribution < 1.29 is 4.74 Å². The molecule has 0 aliphatic rings. The van der Waals surface area contributed by atoms with Crippen LogP contribution in [0.2, 0.25) is 0 Å². The SMILES string of the molecule is CCC(CC)n1ccc(CC(N)CCC(C)OC)n1. The zero-order valence-electron chi connectivity index (χ0n) is 12.8. The number of hydrogen-bond acceptors (Lipinski definition) is 3. The first kappa shape index (κ1) is 16.2. The van der Waals surface area contributed by atoms with Crippen molar-refractivity contribution in [1.82, 2.24) is 9.78 Å². The molecule has 0 radical (unpaired) electrons. The summed E-state index contributed by atoms with van der Waals surface area (Å²) in [5, 5.41) is 4.64. The van der Waals surface area contributed by atoms with Gasteiger partial charge < -0.3 is 10.5 Å². The molecule has 1 aromatic heterocycles. The standard InChI is InChI=1S/C15H29N3O/c1-5-15(6-2)18-10-9-14(17-18)11-13(16)8-7-12(3)19-4/h9-10,12-13,15H,5-8,11,16H2,1-4H3. The molecule has 0 fully saturated rings. The largest absolute Gasteiger partial charge is 0.382 e. The van der Waals surface area contributed by atoms with Crippen molar-refractivity contribution in [2.45, 2.75) is 71.1 Å². The third-order valence-corrected chi connectivity index (χ3v) is 3.80. The van der Waals surface area contributed by atoms with E-state index in [-0.39, 0.29) is 12.1 Å². The van der Waals surface area contributed by atoms with Crippen LogP contribution < -0.4 is 5.73 Å². The molecule has 0 aromatic carbocycles. The van der Waals surface area contributed by atoms with Gasteiger partial charge in [0.05, 0.1) is 17.8 Å². The number of methoxy groups -OCH3 is 1. The summed E-state index contributed by atoms with van der Waals surface area (Å²) < 4.78 is 7.32. The topological polar surface area (TPSA) is 53.1 Å². The van der Waals surface area contributed by atoms with Gasteiger partial charge in [-0.2, -0.15) is 5.10 Å². The van der Waals surface area contributed by atoms with Crippen molar-refractivity contribution in [3.05, 3.63) is 18.0 Å². The number of aromatic nitrogens is 2. The van der Waals surface area contributed by atoms with E-state index in [1.807, 2.05) is 0 Å². The van der Waals surface area contributed by atoms with Gasteiger partial charge in [-0.3, -0.25) is 4.68 Å². The normalized spacial score (nSPS) is 14.8. The molecule has 1 rings (SSSR count). The van der Waals surface area contributed by atoms with E-state index in [1.54, 1.807) is 7.11 Å². The Morgan fingerprint density at radius 3 is 2.58 bits per heavy atom. The lowest BCUT2D eigenvalue weighted by molar-refractivity contribution is 0.107. The fourth-order valence-electron chi connectivity index (χ4n) is 2.29. The summed E-state index contributed by atoms with van der Waals surface area (Å²) in [6.45, 7) is 6.48. The molecule has 4 heteroatoms. The summed E-state index contributed by atoms with van der Waals surface area (Å²) in [6, 6.07) is 2.78. The molecular weight excluding hydrogens is 238 g/mol. The first-order valence-corrected chi connectivity index (χ1v) is 7.43. The van der Waals surface area contributed by atoms with E-state index in [2.05, 4.69) is 42.8 Å². The van der Waals surface area contributed by atoms with Crippen LogP contribution in [0.25, 0.3) is 0 Å². The van der Waals surface area contributed by atoms with E-state index in [9.17, 15) is 0 Å². The van der Waals surface area contributed by atoms with Gasteiger partial charge in [-0.25, -0.2) is 0 Å². The Hall–Kier alpha value is -0.870. The Kier molecular flexibility index (Phi) is 7.10. The molecule has 0 saturated heterocycles. The Morgan fingerprint density at radius 1 is 1.32 bits per heavy atom. The van der Waals surface area contributed by atoms with Gasteiger partial charge in [-0.05, 0) is 38.7 Å². The number of ether oxygens (including phenoxy) is 1. The fraction of sp³-hybridized carbons (Fsp3) is 0.800. The summed E-state index contributed by atoms with van der Waals surface area (Å²) in [6.07, 6.45) is 7.44. The summed E-state index contributed by atoms with van der Waals surface area (Å²) in [5.41, 5.74) is 7.26. The van der Waals surface area contributed by atoms with Gasteiger partial charge in [0.1, 0.15) is 0 Å². The van der Waals surface area contributed by atoms with Crippen LogP contribution in [0, 0.1) is 0 Å². The van der Waals surface area contributed by atoms with E-state index >= 15 is 0 Å². The van der Waals surface area contributed by atoms with Crippen molar-refractivity contribution >= 4 is 0 Å². The average molecular weight is 267 g/mol. The lowest BCUT2D eigenvalue weighted by Crippen LogP contribution is -2.25. The molecule has 0 saturated carbocycles. The smallest absolute Gasteiger partial charge is 0.0640 e. The molecule has 0 aliphatic carbocycles. The van der Waals surface area contributed by atoms with Gasteiger partial charge >= 0.3 is 0 Å². The molecular formula is C15H29N3O. The van der Waals surface area contributed by atoms with Gasteiger partial charge in [0.15, 0.2) is 0 Å². The molecule has 110 valence electrons. The van der Waals surface area contributed by atoms with Crippen molar-refractivity contribution in [1.29, 1.82) is 0 Å². The summed E-state index contributed by atoms with van der Waals surface area (Å²) >= 11 is 0. The Bertz CT molecular complexity index is 347. The molecule has 0 spiro atoms. The minimum atomic E-state index is 0.169. The number of nitrogens with two attached hydrogens (primary N) is 1. The summed E-state index contributed by atoms with van der Waals surface area (Å²) in [5.74, 6) is 0. The van der Waals surface area contributed by atoms with Gasteiger partial charge in [0.2, 0.25) is 0 Å². The van der Waals surface area contributed by atoms with Crippen molar-refractivity contribution in [3.63, 3.8) is 0 Å². The predicted octanol–water partition coefficient (Wildman–Crippen LogP) is 2.93. The highest BCUT2D eigenvalue weighted by Crippen LogP contribution is 2.15. The maximum atomic E-state index is 6.15. The van der Waals surface area contributed by atoms with Crippen molar-refractivity contribution in [2.24, 2.45) is 5.73 Å². The molecule has 2 atom stereocenters. The molecule has 2 N–H and O–H groups in total. The molecule has 4 nitrogen and oxygen atoms in total. The van der Waals surface area contributed by atoms with Gasteiger partial charge in [-0.15, -0.1) is 0 Å². The van der Waals surface area contributed by atoms with E-state index in [0.29, 0.717) is 6.04 Å². The molecule has 2 unspecified atom stereocenters. The van der Waals surface area contributed by atoms with Crippen molar-refractivity contribution in [2.75, 3.05) is 7.11 Å². The second kappa shape index (κ2) is 8.33. The number of nitrogens with zero attached hydrogens (tertiary/aromatic N) is 2.